The van der Waals surface area contributed by atoms with Crippen LogP contribution in [-0.2, 0) is 0 Å². The first-order valence-electron chi connectivity index (χ1n) is 7.55. The monoisotopic (exact) mass is 273 g/mol. The number of piperazine rings is 1. The van der Waals surface area contributed by atoms with Gasteiger partial charge in [-0.15, -0.1) is 0 Å². The van der Waals surface area contributed by atoms with Crippen LogP contribution in [0.25, 0.3) is 0 Å². The minimum atomic E-state index is 0.165. The zero-order valence-corrected chi connectivity index (χ0v) is 12.1. The summed E-state index contributed by atoms with van der Waals surface area (Å²) in [6.45, 7) is 5.01. The van der Waals surface area contributed by atoms with Crippen LogP contribution in [0.2, 0.25) is 0 Å². The lowest BCUT2D eigenvalue weighted by molar-refractivity contribution is 0.0632. The second-order valence-corrected chi connectivity index (χ2v) is 5.86. The van der Waals surface area contributed by atoms with Crippen molar-refractivity contribution in [1.29, 1.82) is 0 Å². The summed E-state index contributed by atoms with van der Waals surface area (Å²) in [5.41, 5.74) is 1.83. The van der Waals surface area contributed by atoms with E-state index in [2.05, 4.69) is 10.2 Å². The van der Waals surface area contributed by atoms with Gasteiger partial charge in [0.2, 0.25) is 0 Å². The first kappa shape index (κ1) is 13.4. The van der Waals surface area contributed by atoms with Crippen molar-refractivity contribution in [1.82, 2.24) is 9.80 Å². The SMILES string of the molecule is CNc1ccc(C(=O)N2CCN(CC3CC3)CC2)cc1. The summed E-state index contributed by atoms with van der Waals surface area (Å²) >= 11 is 0. The molecule has 1 aromatic rings. The van der Waals surface area contributed by atoms with Crippen molar-refractivity contribution in [2.75, 3.05) is 45.1 Å². The molecule has 1 saturated carbocycles. The quantitative estimate of drug-likeness (QED) is 0.910. The van der Waals surface area contributed by atoms with Gasteiger partial charge in [0.15, 0.2) is 0 Å². The molecule has 0 spiro atoms. The Hall–Kier alpha value is -1.55. The summed E-state index contributed by atoms with van der Waals surface area (Å²) in [7, 11) is 1.88. The molecule has 1 aromatic carbocycles. The Morgan fingerprint density at radius 2 is 1.80 bits per heavy atom. The predicted molar refractivity (Wildman–Crippen MR) is 81.1 cm³/mol. The maximum atomic E-state index is 12.4. The van der Waals surface area contributed by atoms with Gasteiger partial charge >= 0.3 is 0 Å². The summed E-state index contributed by atoms with van der Waals surface area (Å²) < 4.78 is 0. The van der Waals surface area contributed by atoms with Crippen molar-refractivity contribution in [3.8, 4) is 0 Å². The molecule has 108 valence electrons. The Morgan fingerprint density at radius 3 is 2.35 bits per heavy atom. The Balaban J connectivity index is 1.54. The Bertz CT molecular complexity index is 459. The first-order chi connectivity index (χ1) is 9.76. The van der Waals surface area contributed by atoms with E-state index in [-0.39, 0.29) is 5.91 Å². The highest BCUT2D eigenvalue weighted by Crippen LogP contribution is 2.30. The fourth-order valence-corrected chi connectivity index (χ4v) is 2.76. The lowest BCUT2D eigenvalue weighted by Gasteiger charge is -2.34. The Kier molecular flexibility index (Phi) is 3.92. The number of carbonyl (C=O) groups is 1. The van der Waals surface area contributed by atoms with E-state index in [1.165, 1.54) is 19.4 Å². The highest BCUT2D eigenvalue weighted by Gasteiger charge is 2.27. The van der Waals surface area contributed by atoms with Gasteiger partial charge in [-0.2, -0.15) is 0 Å². The number of rotatable bonds is 4. The van der Waals surface area contributed by atoms with Crippen LogP contribution in [0.4, 0.5) is 5.69 Å². The van der Waals surface area contributed by atoms with E-state index in [9.17, 15) is 4.79 Å². The van der Waals surface area contributed by atoms with Gasteiger partial charge in [-0.25, -0.2) is 0 Å². The summed E-state index contributed by atoms with van der Waals surface area (Å²) in [4.78, 5) is 16.9. The number of anilines is 1. The molecule has 0 atom stereocenters. The number of benzene rings is 1. The van der Waals surface area contributed by atoms with Gasteiger partial charge in [0.25, 0.3) is 5.91 Å². The minimum absolute atomic E-state index is 0.165. The molecule has 0 unspecified atom stereocenters. The van der Waals surface area contributed by atoms with Crippen LogP contribution >= 0.6 is 0 Å². The molecule has 1 aliphatic carbocycles. The Morgan fingerprint density at radius 1 is 1.15 bits per heavy atom. The minimum Gasteiger partial charge on any atom is -0.388 e. The highest BCUT2D eigenvalue weighted by atomic mass is 16.2. The molecular weight excluding hydrogens is 250 g/mol. The van der Waals surface area contributed by atoms with Gasteiger partial charge in [0, 0.05) is 51.0 Å². The molecule has 1 heterocycles. The van der Waals surface area contributed by atoms with Crippen LogP contribution in [0.3, 0.4) is 0 Å². The molecule has 1 aliphatic heterocycles. The fraction of sp³-hybridized carbons (Fsp3) is 0.562. The molecule has 3 rings (SSSR count). The molecule has 2 aliphatic rings. The lowest BCUT2D eigenvalue weighted by atomic mass is 10.1. The molecular formula is C16H23N3O. The normalized spacial score (nSPS) is 19.9. The summed E-state index contributed by atoms with van der Waals surface area (Å²) in [6, 6.07) is 7.72. The van der Waals surface area contributed by atoms with Crippen molar-refractivity contribution < 1.29 is 4.79 Å². The number of hydrogen-bond acceptors (Lipinski definition) is 3. The van der Waals surface area contributed by atoms with Crippen molar-refractivity contribution in [3.05, 3.63) is 29.8 Å². The van der Waals surface area contributed by atoms with E-state index >= 15 is 0 Å². The highest BCUT2D eigenvalue weighted by molar-refractivity contribution is 5.94. The lowest BCUT2D eigenvalue weighted by Crippen LogP contribution is -2.49. The third-order valence-electron chi connectivity index (χ3n) is 4.29. The molecule has 1 amide bonds. The number of hydrogen-bond donors (Lipinski definition) is 1. The molecule has 4 heteroatoms. The Labute approximate surface area is 120 Å². The maximum absolute atomic E-state index is 12.4. The van der Waals surface area contributed by atoms with Gasteiger partial charge < -0.3 is 10.2 Å². The van der Waals surface area contributed by atoms with E-state index in [0.717, 1.165) is 43.3 Å². The standard InChI is InChI=1S/C16H23N3O/c1-17-15-6-4-14(5-7-15)16(20)19-10-8-18(9-11-19)12-13-2-3-13/h4-7,13,17H,2-3,8-12H2,1H3. The second-order valence-electron chi connectivity index (χ2n) is 5.86. The van der Waals surface area contributed by atoms with Crippen LogP contribution in [0, 0.1) is 5.92 Å². The van der Waals surface area contributed by atoms with E-state index in [1.807, 2.05) is 36.2 Å². The average Bonchev–Trinajstić information content (AvgIpc) is 3.31. The van der Waals surface area contributed by atoms with Crippen LogP contribution in [0.1, 0.15) is 23.2 Å². The van der Waals surface area contributed by atoms with Crippen LogP contribution in [0.5, 0.6) is 0 Å². The van der Waals surface area contributed by atoms with Crippen molar-refractivity contribution in [2.45, 2.75) is 12.8 Å². The molecule has 0 radical (unpaired) electrons. The zero-order valence-electron chi connectivity index (χ0n) is 12.1. The topological polar surface area (TPSA) is 35.6 Å². The summed E-state index contributed by atoms with van der Waals surface area (Å²) in [5.74, 6) is 1.10. The van der Waals surface area contributed by atoms with Gasteiger partial charge in [-0.1, -0.05) is 0 Å². The third-order valence-corrected chi connectivity index (χ3v) is 4.29. The van der Waals surface area contributed by atoms with Gasteiger partial charge in [0.05, 0.1) is 0 Å². The molecule has 1 N–H and O–H groups in total. The summed E-state index contributed by atoms with van der Waals surface area (Å²) in [6.07, 6.45) is 2.80. The van der Waals surface area contributed by atoms with E-state index in [4.69, 9.17) is 0 Å². The molecule has 0 aromatic heterocycles. The third kappa shape index (κ3) is 3.12. The number of nitrogens with one attached hydrogen (secondary N) is 1. The van der Waals surface area contributed by atoms with Crippen LogP contribution < -0.4 is 5.32 Å². The largest absolute Gasteiger partial charge is 0.388 e. The van der Waals surface area contributed by atoms with Crippen LogP contribution in [0.15, 0.2) is 24.3 Å². The van der Waals surface area contributed by atoms with E-state index in [1.54, 1.807) is 0 Å². The molecule has 20 heavy (non-hydrogen) atoms. The molecule has 4 nitrogen and oxygen atoms in total. The van der Waals surface area contributed by atoms with Gasteiger partial charge in [-0.05, 0) is 43.0 Å². The predicted octanol–water partition coefficient (Wildman–Crippen LogP) is 1.90. The van der Waals surface area contributed by atoms with Crippen molar-refractivity contribution in [3.63, 3.8) is 0 Å². The first-order valence-corrected chi connectivity index (χ1v) is 7.55. The molecule has 2 fully saturated rings. The van der Waals surface area contributed by atoms with E-state index in [0.29, 0.717) is 0 Å². The van der Waals surface area contributed by atoms with Crippen molar-refractivity contribution in [2.24, 2.45) is 5.92 Å². The smallest absolute Gasteiger partial charge is 0.253 e. The number of carbonyl (C=O) groups excluding carboxylic acids is 1. The average molecular weight is 273 g/mol. The maximum Gasteiger partial charge on any atom is 0.253 e. The second kappa shape index (κ2) is 5.83. The fourth-order valence-electron chi connectivity index (χ4n) is 2.76. The number of amides is 1. The summed E-state index contributed by atoms with van der Waals surface area (Å²) in [5, 5.41) is 3.07. The van der Waals surface area contributed by atoms with E-state index < -0.39 is 0 Å². The molecule has 0 bridgehead atoms. The molecule has 1 saturated heterocycles. The van der Waals surface area contributed by atoms with Gasteiger partial charge in [-0.3, -0.25) is 9.69 Å². The number of nitrogens with zero attached hydrogens (tertiary/aromatic N) is 2. The van der Waals surface area contributed by atoms with Gasteiger partial charge in [0.1, 0.15) is 0 Å². The van der Waals surface area contributed by atoms with Crippen LogP contribution in [-0.4, -0.2) is 55.5 Å². The van der Waals surface area contributed by atoms with Crippen molar-refractivity contribution >= 4 is 11.6 Å². The zero-order chi connectivity index (χ0) is 13.9.